The molecule has 28 heavy (non-hydrogen) atoms. The minimum absolute atomic E-state index is 0.0911. The molecule has 2 aromatic rings. The molecule has 1 aliphatic carbocycles. The topological polar surface area (TPSA) is 92.3 Å². The van der Waals surface area contributed by atoms with Crippen LogP contribution in [0.1, 0.15) is 59.2 Å². The second-order valence-electron chi connectivity index (χ2n) is 6.54. The Kier molecular flexibility index (Phi) is 6.66. The summed E-state index contributed by atoms with van der Waals surface area (Å²) < 4.78 is 10.6. The number of ether oxygens (including phenoxy) is 1. The van der Waals surface area contributed by atoms with Crippen LogP contribution in [-0.4, -0.2) is 18.5 Å². The zero-order valence-electron chi connectivity index (χ0n) is 15.7. The summed E-state index contributed by atoms with van der Waals surface area (Å²) in [6.07, 6.45) is 8.33. The van der Waals surface area contributed by atoms with Gasteiger partial charge in [0.25, 0.3) is 5.91 Å². The van der Waals surface area contributed by atoms with Gasteiger partial charge in [-0.15, -0.1) is 11.3 Å². The Labute approximate surface area is 167 Å². The SMILES string of the molecule is CCCCOC(=O)c1c(NC(=O)C(C#N)=Cc2ccco2)sc2c1CCCC2. The van der Waals surface area contributed by atoms with Gasteiger partial charge >= 0.3 is 5.97 Å². The molecule has 0 aliphatic heterocycles. The van der Waals surface area contributed by atoms with Crippen molar-refractivity contribution in [3.63, 3.8) is 0 Å². The number of carbonyl (C=O) groups is 2. The summed E-state index contributed by atoms with van der Waals surface area (Å²) in [6.45, 7) is 2.38. The Balaban J connectivity index is 1.86. The number of thiophene rings is 1. The van der Waals surface area contributed by atoms with Gasteiger partial charge in [-0.1, -0.05) is 13.3 Å². The first-order valence-corrected chi connectivity index (χ1v) is 10.2. The van der Waals surface area contributed by atoms with Gasteiger partial charge in [0.2, 0.25) is 0 Å². The summed E-state index contributed by atoms with van der Waals surface area (Å²) in [5, 5.41) is 12.6. The van der Waals surface area contributed by atoms with Gasteiger partial charge in [0, 0.05) is 11.0 Å². The average Bonchev–Trinajstić information content (AvgIpc) is 3.33. The first kappa shape index (κ1) is 19.9. The highest BCUT2D eigenvalue weighted by molar-refractivity contribution is 7.17. The van der Waals surface area contributed by atoms with E-state index in [1.54, 1.807) is 12.1 Å². The Bertz CT molecular complexity index is 919. The number of hydrogen-bond donors (Lipinski definition) is 1. The van der Waals surface area contributed by atoms with E-state index in [1.165, 1.54) is 23.7 Å². The molecule has 0 atom stereocenters. The first-order valence-electron chi connectivity index (χ1n) is 9.42. The van der Waals surface area contributed by atoms with E-state index < -0.39 is 11.9 Å². The largest absolute Gasteiger partial charge is 0.465 e. The molecule has 3 rings (SSSR count). The number of rotatable bonds is 7. The molecule has 0 saturated carbocycles. The number of carbonyl (C=O) groups excluding carboxylic acids is 2. The third-order valence-electron chi connectivity index (χ3n) is 4.53. The number of furan rings is 1. The molecule has 146 valence electrons. The molecule has 0 radical (unpaired) electrons. The van der Waals surface area contributed by atoms with Crippen LogP contribution in [0.4, 0.5) is 5.00 Å². The van der Waals surface area contributed by atoms with E-state index >= 15 is 0 Å². The number of nitrogens with one attached hydrogen (secondary N) is 1. The highest BCUT2D eigenvalue weighted by Gasteiger charge is 2.28. The van der Waals surface area contributed by atoms with E-state index in [4.69, 9.17) is 9.15 Å². The number of anilines is 1. The summed E-state index contributed by atoms with van der Waals surface area (Å²) in [5.74, 6) is -0.562. The summed E-state index contributed by atoms with van der Waals surface area (Å²) in [7, 11) is 0. The number of hydrogen-bond acceptors (Lipinski definition) is 6. The van der Waals surface area contributed by atoms with Gasteiger partial charge in [-0.2, -0.15) is 5.26 Å². The van der Waals surface area contributed by atoms with Crippen LogP contribution < -0.4 is 5.32 Å². The molecule has 1 aliphatic rings. The van der Waals surface area contributed by atoms with E-state index in [9.17, 15) is 14.9 Å². The number of esters is 1. The van der Waals surface area contributed by atoms with Crippen molar-refractivity contribution >= 4 is 34.3 Å². The molecule has 6 nitrogen and oxygen atoms in total. The van der Waals surface area contributed by atoms with Crippen LogP contribution in [0.2, 0.25) is 0 Å². The number of fused-ring (bicyclic) bond motifs is 1. The van der Waals surface area contributed by atoms with Crippen molar-refractivity contribution in [2.24, 2.45) is 0 Å². The fraction of sp³-hybridized carbons (Fsp3) is 0.381. The highest BCUT2D eigenvalue weighted by Crippen LogP contribution is 2.38. The molecule has 2 heterocycles. The van der Waals surface area contributed by atoms with Gasteiger partial charge in [0.1, 0.15) is 22.4 Å². The maximum atomic E-state index is 12.7. The van der Waals surface area contributed by atoms with Crippen LogP contribution >= 0.6 is 11.3 Å². The first-order chi connectivity index (χ1) is 13.6. The van der Waals surface area contributed by atoms with Crippen LogP contribution in [0.25, 0.3) is 6.08 Å². The van der Waals surface area contributed by atoms with Crippen molar-refractivity contribution in [1.29, 1.82) is 5.26 Å². The second kappa shape index (κ2) is 9.38. The highest BCUT2D eigenvalue weighted by atomic mass is 32.1. The third-order valence-corrected chi connectivity index (χ3v) is 5.74. The lowest BCUT2D eigenvalue weighted by Crippen LogP contribution is -2.17. The Morgan fingerprint density at radius 3 is 2.93 bits per heavy atom. The molecular formula is C21H22N2O4S. The maximum absolute atomic E-state index is 12.7. The molecule has 0 fully saturated rings. The van der Waals surface area contributed by atoms with Gasteiger partial charge in [-0.05, 0) is 49.8 Å². The second-order valence-corrected chi connectivity index (χ2v) is 7.65. The number of nitriles is 1. The predicted molar refractivity (Wildman–Crippen MR) is 107 cm³/mol. The maximum Gasteiger partial charge on any atom is 0.341 e. The minimum atomic E-state index is -0.569. The fourth-order valence-corrected chi connectivity index (χ4v) is 4.36. The van der Waals surface area contributed by atoms with E-state index in [2.05, 4.69) is 5.32 Å². The summed E-state index contributed by atoms with van der Waals surface area (Å²) >= 11 is 1.40. The number of aryl methyl sites for hydroxylation is 1. The summed E-state index contributed by atoms with van der Waals surface area (Å²) in [5.41, 5.74) is 1.33. The summed E-state index contributed by atoms with van der Waals surface area (Å²) in [6, 6.07) is 5.22. The van der Waals surface area contributed by atoms with Crippen LogP contribution in [0.5, 0.6) is 0 Å². The smallest absolute Gasteiger partial charge is 0.341 e. The molecule has 2 aromatic heterocycles. The van der Waals surface area contributed by atoms with Gasteiger partial charge < -0.3 is 14.5 Å². The van der Waals surface area contributed by atoms with Crippen molar-refractivity contribution in [3.8, 4) is 6.07 Å². The van der Waals surface area contributed by atoms with E-state index in [0.717, 1.165) is 49.0 Å². The quantitative estimate of drug-likeness (QED) is 0.315. The van der Waals surface area contributed by atoms with Gasteiger partial charge in [-0.3, -0.25) is 4.79 Å². The standard InChI is InChI=1S/C21H22N2O4S/c1-2-3-10-27-21(25)18-16-8-4-5-9-17(16)28-20(18)23-19(24)14(13-22)12-15-7-6-11-26-15/h6-7,11-12H,2-5,8-10H2,1H3,(H,23,24). The van der Waals surface area contributed by atoms with Crippen LogP contribution in [0.15, 0.2) is 28.4 Å². The molecule has 1 N–H and O–H groups in total. The van der Waals surface area contributed by atoms with Crippen molar-refractivity contribution in [3.05, 3.63) is 45.7 Å². The third kappa shape index (κ3) is 4.52. The number of amides is 1. The lowest BCUT2D eigenvalue weighted by molar-refractivity contribution is -0.112. The lowest BCUT2D eigenvalue weighted by Gasteiger charge is -2.12. The van der Waals surface area contributed by atoms with Crippen LogP contribution in [0.3, 0.4) is 0 Å². The van der Waals surface area contributed by atoms with E-state index in [1.807, 2.05) is 13.0 Å². The molecular weight excluding hydrogens is 376 g/mol. The molecule has 7 heteroatoms. The lowest BCUT2D eigenvalue weighted by atomic mass is 9.95. The zero-order valence-corrected chi connectivity index (χ0v) is 16.6. The number of unbranched alkanes of at least 4 members (excludes halogenated alkanes) is 1. The zero-order chi connectivity index (χ0) is 19.9. The van der Waals surface area contributed by atoms with Crippen molar-refractivity contribution in [2.45, 2.75) is 45.4 Å². The Morgan fingerprint density at radius 2 is 2.21 bits per heavy atom. The Hall–Kier alpha value is -2.85. The average molecular weight is 398 g/mol. The van der Waals surface area contributed by atoms with Crippen LogP contribution in [-0.2, 0) is 22.4 Å². The Morgan fingerprint density at radius 1 is 1.39 bits per heavy atom. The number of nitrogens with zero attached hydrogens (tertiary/aromatic N) is 1. The van der Waals surface area contributed by atoms with Crippen LogP contribution in [0, 0.1) is 11.3 Å². The molecule has 0 unspecified atom stereocenters. The fourth-order valence-electron chi connectivity index (χ4n) is 3.09. The summed E-state index contributed by atoms with van der Waals surface area (Å²) in [4.78, 5) is 26.4. The monoisotopic (exact) mass is 398 g/mol. The molecule has 0 aromatic carbocycles. The van der Waals surface area contributed by atoms with Gasteiger partial charge in [0.05, 0.1) is 18.4 Å². The van der Waals surface area contributed by atoms with Crippen molar-refractivity contribution in [2.75, 3.05) is 11.9 Å². The molecule has 0 saturated heterocycles. The molecule has 0 bridgehead atoms. The van der Waals surface area contributed by atoms with Gasteiger partial charge in [-0.25, -0.2) is 4.79 Å². The van der Waals surface area contributed by atoms with E-state index in [0.29, 0.717) is 22.9 Å². The predicted octanol–water partition coefficient (Wildman–Crippen LogP) is 4.72. The molecule has 1 amide bonds. The van der Waals surface area contributed by atoms with Gasteiger partial charge in [0.15, 0.2) is 0 Å². The van der Waals surface area contributed by atoms with Crippen molar-refractivity contribution < 1.29 is 18.7 Å². The minimum Gasteiger partial charge on any atom is -0.465 e. The van der Waals surface area contributed by atoms with E-state index in [-0.39, 0.29) is 5.57 Å². The molecule has 0 spiro atoms. The normalized spacial score (nSPS) is 13.5. The van der Waals surface area contributed by atoms with Crippen molar-refractivity contribution in [1.82, 2.24) is 0 Å².